The van der Waals surface area contributed by atoms with E-state index in [-0.39, 0.29) is 11.4 Å². The molecule has 1 amide bonds. The molecule has 0 saturated heterocycles. The number of ether oxygens (including phenoxy) is 3. The highest BCUT2D eigenvalue weighted by molar-refractivity contribution is 6.03. The Labute approximate surface area is 185 Å². The van der Waals surface area contributed by atoms with E-state index in [1.54, 1.807) is 24.4 Å². The maximum absolute atomic E-state index is 12.7. The molecule has 33 heavy (non-hydrogen) atoms. The van der Waals surface area contributed by atoms with E-state index in [1.807, 2.05) is 6.07 Å². The molecule has 0 aliphatic carbocycles. The lowest BCUT2D eigenvalue weighted by molar-refractivity contribution is -0.274. The number of carbonyl (C=O) groups excluding carboxylic acids is 1. The van der Waals surface area contributed by atoms with E-state index in [2.05, 4.69) is 20.1 Å². The smallest absolute Gasteiger partial charge is 0.493 e. The first-order valence-electron chi connectivity index (χ1n) is 9.52. The van der Waals surface area contributed by atoms with Crippen molar-refractivity contribution in [2.24, 2.45) is 0 Å². The van der Waals surface area contributed by atoms with Crippen LogP contribution in [0.2, 0.25) is 0 Å². The van der Waals surface area contributed by atoms with E-state index in [0.29, 0.717) is 22.8 Å². The van der Waals surface area contributed by atoms with Crippen LogP contribution in [-0.4, -0.2) is 41.1 Å². The minimum absolute atomic E-state index is 0.0750. The molecule has 0 saturated carbocycles. The molecule has 8 nitrogen and oxygen atoms in total. The summed E-state index contributed by atoms with van der Waals surface area (Å²) in [6, 6.07) is 13.4. The van der Waals surface area contributed by atoms with Gasteiger partial charge in [-0.25, -0.2) is 9.50 Å². The maximum atomic E-state index is 12.7. The largest absolute Gasteiger partial charge is 0.573 e. The Morgan fingerprint density at radius 3 is 2.36 bits per heavy atom. The quantitative estimate of drug-likeness (QED) is 0.456. The molecule has 4 aromatic rings. The lowest BCUT2D eigenvalue weighted by Crippen LogP contribution is -2.17. The second kappa shape index (κ2) is 8.69. The van der Waals surface area contributed by atoms with Gasteiger partial charge in [-0.1, -0.05) is 0 Å². The van der Waals surface area contributed by atoms with Crippen molar-refractivity contribution in [3.8, 4) is 28.5 Å². The van der Waals surface area contributed by atoms with Crippen LogP contribution < -0.4 is 19.5 Å². The van der Waals surface area contributed by atoms with Crippen molar-refractivity contribution in [3.63, 3.8) is 0 Å². The van der Waals surface area contributed by atoms with Gasteiger partial charge in [0, 0.05) is 23.5 Å². The van der Waals surface area contributed by atoms with Gasteiger partial charge in [0.05, 0.1) is 19.9 Å². The van der Waals surface area contributed by atoms with Crippen molar-refractivity contribution in [1.29, 1.82) is 0 Å². The molecule has 170 valence electrons. The Hall–Kier alpha value is -4.28. The number of nitrogens with zero attached hydrogens (tertiary/aromatic N) is 3. The first-order valence-corrected chi connectivity index (χ1v) is 9.52. The summed E-state index contributed by atoms with van der Waals surface area (Å²) in [5.41, 5.74) is 2.20. The lowest BCUT2D eigenvalue weighted by atomic mass is 10.1. The standard InChI is InChI=1S/C22H17F3N4O4/c1-31-18-8-3-13(11-19(18)32-2)17-9-10-26-20-12-16(28-29(17)20)21(30)27-14-4-6-15(7-5-14)33-22(23,24)25/h3-12H,1-2H3,(H,27,30). The van der Waals surface area contributed by atoms with Crippen molar-refractivity contribution >= 4 is 17.2 Å². The van der Waals surface area contributed by atoms with Crippen molar-refractivity contribution < 1.29 is 32.2 Å². The third kappa shape index (κ3) is 4.81. The average molecular weight is 458 g/mol. The van der Waals surface area contributed by atoms with Crippen LogP contribution >= 0.6 is 0 Å². The predicted octanol–water partition coefficient (Wildman–Crippen LogP) is 4.56. The van der Waals surface area contributed by atoms with Gasteiger partial charge in [-0.05, 0) is 48.5 Å². The number of hydrogen-bond donors (Lipinski definition) is 1. The van der Waals surface area contributed by atoms with Gasteiger partial charge in [0.2, 0.25) is 0 Å². The summed E-state index contributed by atoms with van der Waals surface area (Å²) in [7, 11) is 3.07. The Morgan fingerprint density at radius 2 is 1.70 bits per heavy atom. The van der Waals surface area contributed by atoms with Crippen molar-refractivity contribution in [1.82, 2.24) is 14.6 Å². The summed E-state index contributed by atoms with van der Waals surface area (Å²) in [6.07, 6.45) is -3.20. The zero-order valence-corrected chi connectivity index (χ0v) is 17.4. The van der Waals surface area contributed by atoms with Crippen LogP contribution in [0.4, 0.5) is 18.9 Å². The van der Waals surface area contributed by atoms with Crippen LogP contribution in [0.3, 0.4) is 0 Å². The number of amides is 1. The van der Waals surface area contributed by atoms with Gasteiger partial charge in [-0.15, -0.1) is 13.2 Å². The SMILES string of the molecule is COc1ccc(-c2ccnc3cc(C(=O)Nc4ccc(OC(F)(F)F)cc4)nn23)cc1OC. The van der Waals surface area contributed by atoms with E-state index in [1.165, 1.54) is 36.9 Å². The molecule has 0 atom stereocenters. The minimum Gasteiger partial charge on any atom is -0.493 e. The number of hydrogen-bond acceptors (Lipinski definition) is 6. The number of methoxy groups -OCH3 is 2. The molecule has 2 aromatic carbocycles. The molecule has 1 N–H and O–H groups in total. The molecule has 11 heteroatoms. The third-order valence-electron chi connectivity index (χ3n) is 4.62. The molecule has 2 aromatic heterocycles. The Bertz CT molecular complexity index is 1300. The van der Waals surface area contributed by atoms with Crippen molar-refractivity contribution in [2.75, 3.05) is 19.5 Å². The number of nitrogens with one attached hydrogen (secondary N) is 1. The zero-order valence-electron chi connectivity index (χ0n) is 17.4. The molecule has 0 spiro atoms. The third-order valence-corrected chi connectivity index (χ3v) is 4.62. The summed E-state index contributed by atoms with van der Waals surface area (Å²) in [5, 5.41) is 6.93. The van der Waals surface area contributed by atoms with Crippen LogP contribution in [0.15, 0.2) is 60.8 Å². The summed E-state index contributed by atoms with van der Waals surface area (Å²) < 4.78 is 52.8. The van der Waals surface area contributed by atoms with Crippen molar-refractivity contribution in [2.45, 2.75) is 6.36 Å². The monoisotopic (exact) mass is 458 g/mol. The molecular formula is C22H17F3N4O4. The number of benzene rings is 2. The highest BCUT2D eigenvalue weighted by Gasteiger charge is 2.31. The second-order valence-corrected chi connectivity index (χ2v) is 6.73. The Balaban J connectivity index is 1.59. The van der Waals surface area contributed by atoms with Gasteiger partial charge < -0.3 is 19.5 Å². The molecule has 0 aliphatic heterocycles. The average Bonchev–Trinajstić information content (AvgIpc) is 3.23. The summed E-state index contributed by atoms with van der Waals surface area (Å²) in [5.74, 6) is 0.155. The second-order valence-electron chi connectivity index (χ2n) is 6.73. The number of carbonyl (C=O) groups is 1. The van der Waals surface area contributed by atoms with Crippen LogP contribution in [0.25, 0.3) is 16.9 Å². The minimum atomic E-state index is -4.79. The fourth-order valence-electron chi connectivity index (χ4n) is 3.16. The molecule has 0 unspecified atom stereocenters. The number of fused-ring (bicyclic) bond motifs is 1. The van der Waals surface area contributed by atoms with E-state index in [0.717, 1.165) is 17.7 Å². The summed E-state index contributed by atoms with van der Waals surface area (Å²) in [4.78, 5) is 16.9. The number of rotatable bonds is 6. The molecule has 4 rings (SSSR count). The first-order chi connectivity index (χ1) is 15.8. The first kappa shape index (κ1) is 21.9. The predicted molar refractivity (Wildman–Crippen MR) is 113 cm³/mol. The maximum Gasteiger partial charge on any atom is 0.573 e. The highest BCUT2D eigenvalue weighted by Crippen LogP contribution is 2.32. The van der Waals surface area contributed by atoms with E-state index in [9.17, 15) is 18.0 Å². The molecular weight excluding hydrogens is 441 g/mol. The molecule has 0 fully saturated rings. The molecule has 2 heterocycles. The fourth-order valence-corrected chi connectivity index (χ4v) is 3.16. The van der Waals surface area contributed by atoms with Gasteiger partial charge in [-0.2, -0.15) is 5.10 Å². The Kier molecular flexibility index (Phi) is 5.78. The topological polar surface area (TPSA) is 87.0 Å². The molecule has 0 aliphatic rings. The van der Waals surface area contributed by atoms with Gasteiger partial charge >= 0.3 is 6.36 Å². The molecule has 0 radical (unpaired) electrons. The normalized spacial score (nSPS) is 11.3. The van der Waals surface area contributed by atoms with Crippen LogP contribution in [0.5, 0.6) is 17.2 Å². The lowest BCUT2D eigenvalue weighted by Gasteiger charge is -2.10. The van der Waals surface area contributed by atoms with E-state index in [4.69, 9.17) is 9.47 Å². The van der Waals surface area contributed by atoms with Gasteiger partial charge in [0.25, 0.3) is 5.91 Å². The highest BCUT2D eigenvalue weighted by atomic mass is 19.4. The van der Waals surface area contributed by atoms with Crippen LogP contribution in [0, 0.1) is 0 Å². The Morgan fingerprint density at radius 1 is 0.970 bits per heavy atom. The fraction of sp³-hybridized carbons (Fsp3) is 0.136. The number of halogens is 3. The van der Waals surface area contributed by atoms with Gasteiger partial charge in [0.1, 0.15) is 5.75 Å². The number of aromatic nitrogens is 3. The zero-order chi connectivity index (χ0) is 23.6. The van der Waals surface area contributed by atoms with Crippen molar-refractivity contribution in [3.05, 3.63) is 66.5 Å². The van der Waals surface area contributed by atoms with Crippen LogP contribution in [0.1, 0.15) is 10.5 Å². The van der Waals surface area contributed by atoms with Crippen LogP contribution in [-0.2, 0) is 0 Å². The summed E-state index contributed by atoms with van der Waals surface area (Å²) >= 11 is 0. The number of anilines is 1. The summed E-state index contributed by atoms with van der Waals surface area (Å²) in [6.45, 7) is 0. The van der Waals surface area contributed by atoms with E-state index >= 15 is 0 Å². The van der Waals surface area contributed by atoms with Gasteiger partial charge in [-0.3, -0.25) is 4.79 Å². The van der Waals surface area contributed by atoms with E-state index < -0.39 is 18.0 Å². The number of alkyl halides is 3. The van der Waals surface area contributed by atoms with Gasteiger partial charge in [0.15, 0.2) is 22.8 Å². The molecule has 0 bridgehead atoms.